The van der Waals surface area contributed by atoms with E-state index in [9.17, 15) is 37.2 Å². The summed E-state index contributed by atoms with van der Waals surface area (Å²) in [6, 6.07) is 10.2. The zero-order chi connectivity index (χ0) is 21.6. The minimum absolute atomic E-state index is 0.0440. The van der Waals surface area contributed by atoms with Crippen molar-refractivity contribution in [1.82, 2.24) is 5.32 Å². The van der Waals surface area contributed by atoms with Crippen LogP contribution < -0.4 is 5.32 Å². The summed E-state index contributed by atoms with van der Waals surface area (Å²) in [7, 11) is -1.48. The van der Waals surface area contributed by atoms with Crippen molar-refractivity contribution in [2.75, 3.05) is 5.75 Å². The lowest BCUT2D eigenvalue weighted by Crippen LogP contribution is -2.43. The first-order valence-electron chi connectivity index (χ1n) is 8.41. The molecule has 0 spiro atoms. The van der Waals surface area contributed by atoms with E-state index in [-0.39, 0.29) is 17.7 Å². The zero-order valence-electron chi connectivity index (χ0n) is 14.9. The third-order valence-corrected chi connectivity index (χ3v) is 5.42. The van der Waals surface area contributed by atoms with E-state index in [1.807, 2.05) is 0 Å². The molecule has 2 aromatic rings. The Morgan fingerprint density at radius 2 is 1.62 bits per heavy atom. The molecule has 10 heteroatoms. The van der Waals surface area contributed by atoms with Crippen LogP contribution in [0.15, 0.2) is 59.5 Å². The molecule has 0 unspecified atom stereocenters. The van der Waals surface area contributed by atoms with E-state index >= 15 is 0 Å². The number of carboxylic acid groups (broad SMARTS) is 1. The van der Waals surface area contributed by atoms with E-state index in [4.69, 9.17) is 0 Å². The minimum atomic E-state index is -4.56. The molecule has 0 saturated carbocycles. The lowest BCUT2D eigenvalue weighted by molar-refractivity contribution is -0.143. The van der Waals surface area contributed by atoms with E-state index < -0.39 is 46.6 Å². The molecule has 0 aliphatic heterocycles. The van der Waals surface area contributed by atoms with Crippen LogP contribution in [0.4, 0.5) is 13.2 Å². The third-order valence-electron chi connectivity index (χ3n) is 4.01. The fourth-order valence-corrected chi connectivity index (χ4v) is 3.57. The SMILES string of the molecule is O=C(O)[C@H](CC[S@](=O)c1ccccc1)NC(=O)[C@@H](O)c1ccc(C(F)(F)F)cc1. The van der Waals surface area contributed by atoms with Gasteiger partial charge in [-0.25, -0.2) is 4.79 Å². The van der Waals surface area contributed by atoms with E-state index in [0.29, 0.717) is 17.0 Å². The van der Waals surface area contributed by atoms with Crippen LogP contribution in [0.25, 0.3) is 0 Å². The van der Waals surface area contributed by atoms with Gasteiger partial charge in [0, 0.05) is 10.6 Å². The lowest BCUT2D eigenvalue weighted by atomic mass is 10.1. The molecule has 1 amide bonds. The fraction of sp³-hybridized carbons (Fsp3) is 0.263. The number of aliphatic carboxylic acids is 1. The van der Waals surface area contributed by atoms with Crippen LogP contribution in [0.1, 0.15) is 23.7 Å². The van der Waals surface area contributed by atoms with Gasteiger partial charge in [-0.1, -0.05) is 30.3 Å². The van der Waals surface area contributed by atoms with Gasteiger partial charge in [0.2, 0.25) is 0 Å². The van der Waals surface area contributed by atoms with Crippen LogP contribution in [-0.4, -0.2) is 38.1 Å². The van der Waals surface area contributed by atoms with Crippen LogP contribution in [0.2, 0.25) is 0 Å². The molecule has 0 aromatic heterocycles. The topological polar surface area (TPSA) is 104 Å². The van der Waals surface area contributed by atoms with Gasteiger partial charge in [0.15, 0.2) is 6.10 Å². The van der Waals surface area contributed by atoms with Crippen molar-refractivity contribution in [2.45, 2.75) is 29.6 Å². The molecule has 0 fully saturated rings. The van der Waals surface area contributed by atoms with Crippen molar-refractivity contribution in [3.63, 3.8) is 0 Å². The van der Waals surface area contributed by atoms with E-state index in [1.165, 1.54) is 0 Å². The van der Waals surface area contributed by atoms with Crippen LogP contribution >= 0.6 is 0 Å². The number of aliphatic hydroxyl groups excluding tert-OH is 1. The second-order valence-electron chi connectivity index (χ2n) is 6.07. The van der Waals surface area contributed by atoms with Crippen LogP contribution in [-0.2, 0) is 26.6 Å². The first-order valence-corrected chi connectivity index (χ1v) is 9.73. The number of nitrogens with one attached hydrogen (secondary N) is 1. The molecule has 6 nitrogen and oxygen atoms in total. The maximum Gasteiger partial charge on any atom is 0.416 e. The van der Waals surface area contributed by atoms with Gasteiger partial charge in [-0.15, -0.1) is 0 Å². The Kier molecular flexibility index (Phi) is 7.52. The molecule has 3 atom stereocenters. The van der Waals surface area contributed by atoms with Crippen molar-refractivity contribution in [1.29, 1.82) is 0 Å². The van der Waals surface area contributed by atoms with Gasteiger partial charge in [0.05, 0.1) is 16.4 Å². The molecule has 2 aromatic carbocycles. The summed E-state index contributed by atoms with van der Waals surface area (Å²) in [5.41, 5.74) is -1.06. The number of benzene rings is 2. The highest BCUT2D eigenvalue weighted by molar-refractivity contribution is 7.85. The Morgan fingerprint density at radius 1 is 1.03 bits per heavy atom. The molecule has 0 saturated heterocycles. The summed E-state index contributed by atoms with van der Waals surface area (Å²) in [6.07, 6.45) is -6.57. The number of hydrogen-bond acceptors (Lipinski definition) is 4. The second kappa shape index (κ2) is 9.66. The number of carboxylic acids is 1. The first kappa shape index (κ1) is 22.6. The number of carbonyl (C=O) groups is 2. The van der Waals surface area contributed by atoms with Crippen molar-refractivity contribution >= 4 is 22.7 Å². The Morgan fingerprint density at radius 3 is 2.14 bits per heavy atom. The average molecular weight is 429 g/mol. The number of carbonyl (C=O) groups excluding carboxylic acids is 1. The zero-order valence-corrected chi connectivity index (χ0v) is 15.7. The smallest absolute Gasteiger partial charge is 0.416 e. The Bertz CT molecular complexity index is 872. The molecule has 3 N–H and O–H groups in total. The van der Waals surface area contributed by atoms with Crippen LogP contribution in [0.5, 0.6) is 0 Å². The molecule has 29 heavy (non-hydrogen) atoms. The maximum atomic E-state index is 12.6. The Hall–Kier alpha value is -2.72. The molecular weight excluding hydrogens is 411 g/mol. The number of hydrogen-bond donors (Lipinski definition) is 3. The molecule has 0 aliphatic carbocycles. The third kappa shape index (κ3) is 6.40. The lowest BCUT2D eigenvalue weighted by Gasteiger charge is -2.18. The number of amides is 1. The summed E-state index contributed by atoms with van der Waals surface area (Å²) in [6.45, 7) is 0. The van der Waals surface area contributed by atoms with Crippen LogP contribution in [0.3, 0.4) is 0 Å². The van der Waals surface area contributed by atoms with E-state index in [1.54, 1.807) is 30.3 Å². The summed E-state index contributed by atoms with van der Waals surface area (Å²) in [4.78, 5) is 24.0. The summed E-state index contributed by atoms with van der Waals surface area (Å²) < 4.78 is 49.9. The normalized spacial score (nSPS) is 14.6. The van der Waals surface area contributed by atoms with Gasteiger partial charge in [-0.05, 0) is 36.2 Å². The second-order valence-corrected chi connectivity index (χ2v) is 7.64. The molecule has 0 aliphatic rings. The minimum Gasteiger partial charge on any atom is -0.480 e. The monoisotopic (exact) mass is 429 g/mol. The maximum absolute atomic E-state index is 12.6. The van der Waals surface area contributed by atoms with Gasteiger partial charge in [0.25, 0.3) is 5.91 Å². The molecule has 0 bridgehead atoms. The number of aliphatic hydroxyl groups is 1. The van der Waals surface area contributed by atoms with Gasteiger partial charge in [-0.3, -0.25) is 9.00 Å². The molecule has 0 radical (unpaired) electrons. The molecule has 2 rings (SSSR count). The summed E-state index contributed by atoms with van der Waals surface area (Å²) in [5.74, 6) is -2.51. The first-order chi connectivity index (χ1) is 13.6. The van der Waals surface area contributed by atoms with E-state index in [0.717, 1.165) is 12.1 Å². The van der Waals surface area contributed by atoms with Crippen LogP contribution in [0, 0.1) is 0 Å². The van der Waals surface area contributed by atoms with Gasteiger partial charge < -0.3 is 15.5 Å². The fourth-order valence-electron chi connectivity index (χ4n) is 2.43. The highest BCUT2D eigenvalue weighted by atomic mass is 32.2. The summed E-state index contributed by atoms with van der Waals surface area (Å²) in [5, 5.41) is 21.4. The van der Waals surface area contributed by atoms with Gasteiger partial charge in [-0.2, -0.15) is 13.2 Å². The van der Waals surface area contributed by atoms with Crippen molar-refractivity contribution in [3.8, 4) is 0 Å². The van der Waals surface area contributed by atoms with Crippen molar-refractivity contribution < 1.29 is 37.2 Å². The van der Waals surface area contributed by atoms with Crippen molar-refractivity contribution in [3.05, 3.63) is 65.7 Å². The highest BCUT2D eigenvalue weighted by Crippen LogP contribution is 2.30. The van der Waals surface area contributed by atoms with Crippen molar-refractivity contribution in [2.24, 2.45) is 0 Å². The Labute approximate surface area is 166 Å². The Balaban J connectivity index is 1.99. The highest BCUT2D eigenvalue weighted by Gasteiger charge is 2.31. The quantitative estimate of drug-likeness (QED) is 0.598. The van der Waals surface area contributed by atoms with Gasteiger partial charge in [0.1, 0.15) is 6.04 Å². The van der Waals surface area contributed by atoms with E-state index in [2.05, 4.69) is 5.32 Å². The predicted octanol–water partition coefficient (Wildman–Crippen LogP) is 2.51. The predicted molar refractivity (Wildman–Crippen MR) is 98.3 cm³/mol. The number of alkyl halides is 3. The molecule has 0 heterocycles. The molecule has 156 valence electrons. The number of halogens is 3. The molecular formula is C19H18F3NO5S. The standard InChI is InChI=1S/C19H18F3NO5S/c20-19(21,22)13-8-6-12(7-9-13)16(24)17(25)23-15(18(26)27)10-11-29(28)14-4-2-1-3-5-14/h1-9,15-16,24H,10-11H2,(H,23,25)(H,26,27)/t15-,16-,29-/m0/s1. The summed E-state index contributed by atoms with van der Waals surface area (Å²) >= 11 is 0. The average Bonchev–Trinajstić information content (AvgIpc) is 2.70. The number of rotatable bonds is 8. The largest absolute Gasteiger partial charge is 0.480 e. The van der Waals surface area contributed by atoms with Gasteiger partial charge >= 0.3 is 12.1 Å².